The van der Waals surface area contributed by atoms with Crippen LogP contribution in [0.3, 0.4) is 0 Å². The minimum Gasteiger partial charge on any atom is -0.378 e. The number of rotatable bonds is 1. The quantitative estimate of drug-likeness (QED) is 0.608. The molecule has 122 valence electrons. The number of halogens is 4. The van der Waals surface area contributed by atoms with Gasteiger partial charge >= 0.3 is 6.18 Å². The molecule has 1 nitrogen and oxygen atoms in total. The van der Waals surface area contributed by atoms with Crippen molar-refractivity contribution in [2.75, 3.05) is 5.32 Å². The van der Waals surface area contributed by atoms with Crippen molar-refractivity contribution < 1.29 is 13.2 Å². The van der Waals surface area contributed by atoms with Crippen LogP contribution in [0, 0.1) is 0 Å². The van der Waals surface area contributed by atoms with Crippen molar-refractivity contribution in [3.63, 3.8) is 0 Å². The van der Waals surface area contributed by atoms with Crippen molar-refractivity contribution in [3.05, 3.63) is 63.6 Å². The molecule has 0 bridgehead atoms. The summed E-state index contributed by atoms with van der Waals surface area (Å²) in [6.07, 6.45) is -3.59. The molecule has 0 aliphatic carbocycles. The van der Waals surface area contributed by atoms with E-state index in [-0.39, 0.29) is 11.5 Å². The second kappa shape index (κ2) is 5.55. The Morgan fingerprint density at radius 1 is 1.13 bits per heavy atom. The molecule has 2 aromatic rings. The smallest absolute Gasteiger partial charge is 0.378 e. The monoisotopic (exact) mass is 383 g/mol. The van der Waals surface area contributed by atoms with Gasteiger partial charge in [-0.1, -0.05) is 48.0 Å². The minimum atomic E-state index is -4.32. The average molecular weight is 384 g/mol. The Kier molecular flexibility index (Phi) is 3.95. The van der Waals surface area contributed by atoms with Gasteiger partial charge in [0.25, 0.3) is 0 Å². The van der Waals surface area contributed by atoms with Crippen LogP contribution in [0.2, 0.25) is 0 Å². The van der Waals surface area contributed by atoms with E-state index < -0.39 is 11.7 Å². The molecule has 1 atom stereocenters. The van der Waals surface area contributed by atoms with Crippen molar-refractivity contribution >= 4 is 21.6 Å². The molecule has 0 spiro atoms. The second-order valence-corrected chi connectivity index (χ2v) is 7.42. The summed E-state index contributed by atoms with van der Waals surface area (Å²) in [6, 6.07) is 12.0. The zero-order valence-electron chi connectivity index (χ0n) is 12.8. The van der Waals surface area contributed by atoms with Gasteiger partial charge in [0.2, 0.25) is 0 Å². The third-order valence-corrected chi connectivity index (χ3v) is 5.12. The number of anilines is 1. The van der Waals surface area contributed by atoms with Crippen LogP contribution in [-0.2, 0) is 11.6 Å². The highest BCUT2D eigenvalue weighted by Gasteiger charge is 2.37. The summed E-state index contributed by atoms with van der Waals surface area (Å²) in [5, 5.41) is 3.39. The van der Waals surface area contributed by atoms with Crippen LogP contribution in [0.1, 0.15) is 43.0 Å². The fraction of sp³-hybridized carbons (Fsp3) is 0.333. The van der Waals surface area contributed by atoms with Gasteiger partial charge in [0.15, 0.2) is 0 Å². The van der Waals surface area contributed by atoms with Gasteiger partial charge in [-0.2, -0.15) is 13.2 Å². The molecular weight excluding hydrogens is 367 g/mol. The van der Waals surface area contributed by atoms with E-state index in [0.29, 0.717) is 0 Å². The van der Waals surface area contributed by atoms with E-state index >= 15 is 0 Å². The lowest BCUT2D eigenvalue weighted by atomic mass is 9.73. The Morgan fingerprint density at radius 3 is 2.48 bits per heavy atom. The molecule has 0 saturated carbocycles. The Labute approximate surface area is 142 Å². The second-order valence-electron chi connectivity index (χ2n) is 6.56. The summed E-state index contributed by atoms with van der Waals surface area (Å²) < 4.78 is 39.9. The van der Waals surface area contributed by atoms with E-state index in [9.17, 15) is 13.2 Å². The van der Waals surface area contributed by atoms with E-state index in [4.69, 9.17) is 0 Å². The third-order valence-electron chi connectivity index (χ3n) is 4.40. The predicted molar refractivity (Wildman–Crippen MR) is 89.6 cm³/mol. The highest BCUT2D eigenvalue weighted by atomic mass is 79.9. The van der Waals surface area contributed by atoms with Crippen LogP contribution in [0.15, 0.2) is 46.9 Å². The lowest BCUT2D eigenvalue weighted by Crippen LogP contribution is -2.31. The fourth-order valence-corrected chi connectivity index (χ4v) is 3.77. The number of nitrogens with one attached hydrogen (secondary N) is 1. The SMILES string of the molecule is CC1(C)CC(c2ccccc2Br)Nc2ccc(C(F)(F)F)cc21. The van der Waals surface area contributed by atoms with Crippen LogP contribution in [0.4, 0.5) is 18.9 Å². The molecule has 0 amide bonds. The largest absolute Gasteiger partial charge is 0.416 e. The third kappa shape index (κ3) is 3.11. The first kappa shape index (κ1) is 16.4. The Bertz CT molecular complexity index is 737. The van der Waals surface area contributed by atoms with Crippen LogP contribution >= 0.6 is 15.9 Å². The zero-order chi connectivity index (χ0) is 16.8. The van der Waals surface area contributed by atoms with Crippen LogP contribution < -0.4 is 5.32 Å². The summed E-state index contributed by atoms with van der Waals surface area (Å²) in [5.74, 6) is 0. The normalized spacial score (nSPS) is 19.8. The summed E-state index contributed by atoms with van der Waals surface area (Å²) in [5.41, 5.74) is 1.67. The number of alkyl halides is 3. The molecule has 1 unspecified atom stereocenters. The Hall–Kier alpha value is -1.49. The van der Waals surface area contributed by atoms with Crippen molar-refractivity contribution in [2.45, 2.75) is 37.9 Å². The predicted octanol–water partition coefficient (Wildman–Crippen LogP) is 6.30. The number of hydrogen-bond donors (Lipinski definition) is 1. The molecule has 0 fully saturated rings. The van der Waals surface area contributed by atoms with Crippen molar-refractivity contribution in [2.24, 2.45) is 0 Å². The van der Waals surface area contributed by atoms with Crippen LogP contribution in [-0.4, -0.2) is 0 Å². The lowest BCUT2D eigenvalue weighted by molar-refractivity contribution is -0.137. The number of hydrogen-bond acceptors (Lipinski definition) is 1. The van der Waals surface area contributed by atoms with Crippen molar-refractivity contribution in [1.29, 1.82) is 0 Å². The van der Waals surface area contributed by atoms with Gasteiger partial charge in [0, 0.05) is 10.2 Å². The Balaban J connectivity index is 2.03. The van der Waals surface area contributed by atoms with E-state index in [1.807, 2.05) is 38.1 Å². The first-order valence-electron chi connectivity index (χ1n) is 7.41. The zero-order valence-corrected chi connectivity index (χ0v) is 14.4. The first-order chi connectivity index (χ1) is 10.7. The molecule has 3 rings (SSSR count). The van der Waals surface area contributed by atoms with Crippen LogP contribution in [0.25, 0.3) is 0 Å². The van der Waals surface area contributed by atoms with Gasteiger partial charge < -0.3 is 5.32 Å². The minimum absolute atomic E-state index is 0.0600. The topological polar surface area (TPSA) is 12.0 Å². The summed E-state index contributed by atoms with van der Waals surface area (Å²) in [7, 11) is 0. The molecule has 2 aromatic carbocycles. The standard InChI is InChI=1S/C18H17BrF3N/c1-17(2)10-16(12-5-3-4-6-14(12)19)23-15-8-7-11(9-13(15)17)18(20,21)22/h3-9,16,23H,10H2,1-2H3. The van der Waals surface area contributed by atoms with Crippen molar-refractivity contribution in [1.82, 2.24) is 0 Å². The molecule has 0 radical (unpaired) electrons. The van der Waals surface area contributed by atoms with E-state index in [1.54, 1.807) is 6.07 Å². The fourth-order valence-electron chi connectivity index (χ4n) is 3.21. The molecule has 1 heterocycles. The maximum atomic E-state index is 13.0. The highest BCUT2D eigenvalue weighted by Crippen LogP contribution is 2.46. The van der Waals surface area contributed by atoms with Gasteiger partial charge in [-0.25, -0.2) is 0 Å². The van der Waals surface area contributed by atoms with Crippen molar-refractivity contribution in [3.8, 4) is 0 Å². The van der Waals surface area contributed by atoms with Gasteiger partial charge in [0.05, 0.1) is 11.6 Å². The summed E-state index contributed by atoms with van der Waals surface area (Å²) >= 11 is 3.56. The van der Waals surface area contributed by atoms with E-state index in [1.165, 1.54) is 6.07 Å². The maximum absolute atomic E-state index is 13.0. The lowest BCUT2D eigenvalue weighted by Gasteiger charge is -2.39. The van der Waals surface area contributed by atoms with Crippen LogP contribution in [0.5, 0.6) is 0 Å². The molecule has 23 heavy (non-hydrogen) atoms. The molecule has 1 aliphatic rings. The molecule has 5 heteroatoms. The molecule has 0 saturated heterocycles. The molecule has 1 aliphatic heterocycles. The first-order valence-corrected chi connectivity index (χ1v) is 8.20. The van der Waals surface area contributed by atoms with E-state index in [2.05, 4.69) is 21.2 Å². The molecule has 1 N–H and O–H groups in total. The van der Waals surface area contributed by atoms with Gasteiger partial charge in [-0.3, -0.25) is 0 Å². The molecule has 0 aromatic heterocycles. The summed E-state index contributed by atoms with van der Waals surface area (Å²) in [4.78, 5) is 0. The maximum Gasteiger partial charge on any atom is 0.416 e. The van der Waals surface area contributed by atoms with Gasteiger partial charge in [0.1, 0.15) is 0 Å². The van der Waals surface area contributed by atoms with Gasteiger partial charge in [-0.05, 0) is 47.2 Å². The van der Waals surface area contributed by atoms with Gasteiger partial charge in [-0.15, -0.1) is 0 Å². The number of fused-ring (bicyclic) bond motifs is 1. The highest BCUT2D eigenvalue weighted by molar-refractivity contribution is 9.10. The number of benzene rings is 2. The summed E-state index contributed by atoms with van der Waals surface area (Å²) in [6.45, 7) is 3.99. The van der Waals surface area contributed by atoms with E-state index in [0.717, 1.165) is 33.8 Å². The Morgan fingerprint density at radius 2 is 1.83 bits per heavy atom. The molecular formula is C18H17BrF3N. The average Bonchev–Trinajstić information content (AvgIpc) is 2.45.